The maximum absolute atomic E-state index is 9.31. The molecule has 0 bridgehead atoms. The summed E-state index contributed by atoms with van der Waals surface area (Å²) in [6.45, 7) is 3.45. The zero-order valence-corrected chi connectivity index (χ0v) is 13.2. The number of methoxy groups -OCH3 is 1. The van der Waals surface area contributed by atoms with Gasteiger partial charge in [-0.05, 0) is 18.1 Å². The Bertz CT molecular complexity index is 396. The Hall–Kier alpha value is -1.04. The van der Waals surface area contributed by atoms with Crippen molar-refractivity contribution in [3.05, 3.63) is 23.8 Å². The first-order valence-corrected chi connectivity index (χ1v) is 7.79. The third-order valence-corrected chi connectivity index (χ3v) is 3.48. The van der Waals surface area contributed by atoms with Gasteiger partial charge in [0.25, 0.3) is 0 Å². The Kier molecular flexibility index (Phi) is 9.14. The van der Waals surface area contributed by atoms with Crippen molar-refractivity contribution in [3.63, 3.8) is 0 Å². The lowest BCUT2D eigenvalue weighted by Crippen LogP contribution is -2.31. The molecule has 4 nitrogen and oxygen atoms in total. The molecule has 0 aliphatic rings. The fourth-order valence-electron chi connectivity index (χ4n) is 2.25. The molecule has 1 rings (SSSR count). The van der Waals surface area contributed by atoms with Crippen LogP contribution >= 0.6 is 0 Å². The van der Waals surface area contributed by atoms with E-state index < -0.39 is 7.12 Å². The van der Waals surface area contributed by atoms with Crippen molar-refractivity contribution in [3.8, 4) is 5.75 Å². The van der Waals surface area contributed by atoms with E-state index in [9.17, 15) is 10.0 Å². The van der Waals surface area contributed by atoms with Gasteiger partial charge < -0.3 is 19.5 Å². The molecule has 0 saturated carbocycles. The van der Waals surface area contributed by atoms with E-state index in [4.69, 9.17) is 9.47 Å². The maximum atomic E-state index is 9.31. The molecule has 0 aliphatic carbocycles. The van der Waals surface area contributed by atoms with Gasteiger partial charge in [-0.1, -0.05) is 51.2 Å². The molecule has 0 heterocycles. The fourth-order valence-corrected chi connectivity index (χ4v) is 2.25. The van der Waals surface area contributed by atoms with E-state index in [2.05, 4.69) is 6.92 Å². The van der Waals surface area contributed by atoms with Crippen LogP contribution in [0.15, 0.2) is 18.2 Å². The van der Waals surface area contributed by atoms with Gasteiger partial charge in [0, 0.05) is 12.1 Å². The van der Waals surface area contributed by atoms with Crippen LogP contribution in [0, 0.1) is 0 Å². The lowest BCUT2D eigenvalue weighted by atomic mass is 9.79. The summed E-state index contributed by atoms with van der Waals surface area (Å²) in [5.41, 5.74) is 1.29. The fraction of sp³-hybridized carbons (Fsp3) is 0.625. The van der Waals surface area contributed by atoms with E-state index in [1.54, 1.807) is 12.1 Å². The van der Waals surface area contributed by atoms with E-state index in [1.165, 1.54) is 39.2 Å². The Morgan fingerprint density at radius 3 is 2.43 bits per heavy atom. The average molecular weight is 294 g/mol. The van der Waals surface area contributed by atoms with Crippen molar-refractivity contribution in [2.24, 2.45) is 0 Å². The third kappa shape index (κ3) is 6.98. The summed E-state index contributed by atoms with van der Waals surface area (Å²) in [6.07, 6.45) is 7.47. The predicted molar refractivity (Wildman–Crippen MR) is 85.9 cm³/mol. The van der Waals surface area contributed by atoms with Crippen LogP contribution in [0.2, 0.25) is 0 Å². The molecule has 0 atom stereocenters. The van der Waals surface area contributed by atoms with Crippen LogP contribution in [0.3, 0.4) is 0 Å². The van der Waals surface area contributed by atoms with Gasteiger partial charge in [-0.15, -0.1) is 0 Å². The topological polar surface area (TPSA) is 58.9 Å². The first-order valence-electron chi connectivity index (χ1n) is 7.79. The van der Waals surface area contributed by atoms with Gasteiger partial charge in [0.05, 0.1) is 13.7 Å². The number of hydrogen-bond donors (Lipinski definition) is 2. The van der Waals surface area contributed by atoms with Crippen LogP contribution in [0.4, 0.5) is 0 Å². The molecule has 1 aromatic carbocycles. The molecule has 5 heteroatoms. The zero-order valence-electron chi connectivity index (χ0n) is 13.2. The minimum atomic E-state index is -1.53. The zero-order chi connectivity index (χ0) is 15.5. The largest absolute Gasteiger partial charge is 0.497 e. The molecule has 21 heavy (non-hydrogen) atoms. The van der Waals surface area contributed by atoms with Crippen molar-refractivity contribution in [1.29, 1.82) is 0 Å². The van der Waals surface area contributed by atoms with Gasteiger partial charge in [-0.2, -0.15) is 0 Å². The Morgan fingerprint density at radius 2 is 1.76 bits per heavy atom. The van der Waals surface area contributed by atoms with Crippen LogP contribution in [-0.2, 0) is 11.3 Å². The number of benzene rings is 1. The highest BCUT2D eigenvalue weighted by atomic mass is 16.5. The second-order valence-electron chi connectivity index (χ2n) is 5.27. The monoisotopic (exact) mass is 294 g/mol. The lowest BCUT2D eigenvalue weighted by molar-refractivity contribution is 0.116. The summed E-state index contributed by atoms with van der Waals surface area (Å²) < 4.78 is 10.7. The van der Waals surface area contributed by atoms with Gasteiger partial charge >= 0.3 is 7.12 Å². The summed E-state index contributed by atoms with van der Waals surface area (Å²) in [4.78, 5) is 0. The lowest BCUT2D eigenvalue weighted by Gasteiger charge is -2.10. The molecular formula is C16H27BO4. The summed E-state index contributed by atoms with van der Waals surface area (Å²) in [5.74, 6) is 0.477. The molecule has 1 aromatic rings. The van der Waals surface area contributed by atoms with Crippen LogP contribution in [0.25, 0.3) is 0 Å². The van der Waals surface area contributed by atoms with E-state index >= 15 is 0 Å². The average Bonchev–Trinajstić information content (AvgIpc) is 2.49. The van der Waals surface area contributed by atoms with Gasteiger partial charge in [-0.3, -0.25) is 0 Å². The quantitative estimate of drug-likeness (QED) is 0.485. The molecule has 0 fully saturated rings. The van der Waals surface area contributed by atoms with Crippen molar-refractivity contribution in [1.82, 2.24) is 0 Å². The van der Waals surface area contributed by atoms with Gasteiger partial charge in [0.15, 0.2) is 0 Å². The molecule has 0 unspecified atom stereocenters. The van der Waals surface area contributed by atoms with E-state index in [-0.39, 0.29) is 0 Å². The normalized spacial score (nSPS) is 10.7. The second-order valence-corrected chi connectivity index (χ2v) is 5.27. The predicted octanol–water partition coefficient (Wildman–Crippen LogP) is 2.25. The van der Waals surface area contributed by atoms with Crippen molar-refractivity contribution < 1.29 is 19.5 Å². The maximum Gasteiger partial charge on any atom is 0.492 e. The van der Waals surface area contributed by atoms with Gasteiger partial charge in [-0.25, -0.2) is 0 Å². The molecule has 2 N–H and O–H groups in total. The first kappa shape index (κ1) is 18.0. The Labute approximate surface area is 128 Å². The van der Waals surface area contributed by atoms with E-state index in [1.807, 2.05) is 6.07 Å². The number of unbranched alkanes of at least 4 members (excludes halogenated alkanes) is 5. The highest BCUT2D eigenvalue weighted by Gasteiger charge is 2.17. The van der Waals surface area contributed by atoms with Crippen LogP contribution in [-0.4, -0.2) is 30.9 Å². The molecule has 118 valence electrons. The van der Waals surface area contributed by atoms with Crippen molar-refractivity contribution >= 4 is 12.6 Å². The van der Waals surface area contributed by atoms with Gasteiger partial charge in [0.2, 0.25) is 0 Å². The van der Waals surface area contributed by atoms with E-state index in [0.717, 1.165) is 18.6 Å². The highest BCUT2D eigenvalue weighted by molar-refractivity contribution is 6.59. The van der Waals surface area contributed by atoms with Crippen LogP contribution in [0.5, 0.6) is 5.75 Å². The van der Waals surface area contributed by atoms with Crippen molar-refractivity contribution in [2.75, 3.05) is 13.7 Å². The van der Waals surface area contributed by atoms with E-state index in [0.29, 0.717) is 17.8 Å². The minimum Gasteiger partial charge on any atom is -0.497 e. The summed E-state index contributed by atoms with van der Waals surface area (Å²) >= 11 is 0. The first-order chi connectivity index (χ1) is 10.2. The molecule has 0 amide bonds. The van der Waals surface area contributed by atoms with Crippen LogP contribution < -0.4 is 10.2 Å². The highest BCUT2D eigenvalue weighted by Crippen LogP contribution is 2.11. The molecule has 0 radical (unpaired) electrons. The minimum absolute atomic E-state index is 0.373. The summed E-state index contributed by atoms with van der Waals surface area (Å²) in [5, 5.41) is 18.6. The second kappa shape index (κ2) is 10.7. The number of rotatable bonds is 11. The summed E-state index contributed by atoms with van der Waals surface area (Å²) in [6, 6.07) is 5.33. The smallest absolute Gasteiger partial charge is 0.492 e. The molecule has 0 aromatic heterocycles. The number of ether oxygens (including phenoxy) is 2. The standard InChI is InChI=1S/C16H27BO4/c1-3-4-5-6-7-8-11-21-13-14-9-10-16(20-2)15(12-14)17(18)19/h9-10,12,18-19H,3-8,11,13H2,1-2H3. The Balaban J connectivity index is 2.27. The molecule has 0 spiro atoms. The Morgan fingerprint density at radius 1 is 1.05 bits per heavy atom. The SMILES string of the molecule is CCCCCCCCOCc1ccc(OC)c(B(O)O)c1. The molecule has 0 aliphatic heterocycles. The molecular weight excluding hydrogens is 267 g/mol. The summed E-state index contributed by atoms with van der Waals surface area (Å²) in [7, 11) is -0.0193. The molecule has 0 saturated heterocycles. The van der Waals surface area contributed by atoms with Gasteiger partial charge in [0.1, 0.15) is 5.75 Å². The third-order valence-electron chi connectivity index (χ3n) is 3.48. The van der Waals surface area contributed by atoms with Crippen LogP contribution in [0.1, 0.15) is 51.0 Å². The number of hydrogen-bond acceptors (Lipinski definition) is 4. The van der Waals surface area contributed by atoms with Crippen molar-refractivity contribution in [2.45, 2.75) is 52.1 Å².